The van der Waals surface area contributed by atoms with Crippen molar-refractivity contribution in [3.05, 3.63) is 86.3 Å². The number of aromatic nitrogens is 2. The van der Waals surface area contributed by atoms with Crippen LogP contribution in [0.15, 0.2) is 53.5 Å². The van der Waals surface area contributed by atoms with Gasteiger partial charge in [0.15, 0.2) is 0 Å². The number of hydrogen-bond acceptors (Lipinski definition) is 5. The fourth-order valence-corrected chi connectivity index (χ4v) is 5.79. The molecular weight excluding hydrogens is 434 g/mol. The number of carbonyl (C=O) groups excluding carboxylic acids is 2. The van der Waals surface area contributed by atoms with Crippen LogP contribution in [-0.2, 0) is 17.6 Å². The number of nitrogens with one attached hydrogen (secondary N) is 1. The second-order valence-corrected chi connectivity index (χ2v) is 9.38. The zero-order valence-corrected chi connectivity index (χ0v) is 18.8. The Labute approximate surface area is 194 Å². The van der Waals surface area contributed by atoms with Crippen LogP contribution < -0.4 is 11.3 Å². The van der Waals surface area contributed by atoms with Gasteiger partial charge in [0, 0.05) is 35.7 Å². The second kappa shape index (κ2) is 8.75. The van der Waals surface area contributed by atoms with Gasteiger partial charge in [0.25, 0.3) is 5.91 Å². The zero-order chi connectivity index (χ0) is 22.9. The maximum absolute atomic E-state index is 12.4. The van der Waals surface area contributed by atoms with Crippen LogP contribution in [0, 0.1) is 0 Å². The highest BCUT2D eigenvalue weighted by atomic mass is 32.1. The van der Waals surface area contributed by atoms with Gasteiger partial charge in [-0.25, -0.2) is 4.98 Å². The number of aldehydes is 1. The van der Waals surface area contributed by atoms with E-state index in [0.717, 1.165) is 70.1 Å². The number of aromatic amines is 1. The van der Waals surface area contributed by atoms with Crippen LogP contribution in [0.4, 0.5) is 0 Å². The van der Waals surface area contributed by atoms with Crippen LogP contribution in [-0.4, -0.2) is 22.2 Å². The summed E-state index contributed by atoms with van der Waals surface area (Å²) in [5.41, 5.74) is 11.5. The number of primary amides is 1. The third-order valence-electron chi connectivity index (χ3n) is 6.33. The van der Waals surface area contributed by atoms with Gasteiger partial charge in [-0.15, -0.1) is 11.3 Å². The van der Waals surface area contributed by atoms with Gasteiger partial charge in [0.05, 0.1) is 4.88 Å². The summed E-state index contributed by atoms with van der Waals surface area (Å²) in [6.45, 7) is 0. The third-order valence-corrected chi connectivity index (χ3v) is 7.46. The van der Waals surface area contributed by atoms with Crippen LogP contribution >= 0.6 is 11.3 Å². The van der Waals surface area contributed by atoms with E-state index in [1.807, 2.05) is 24.3 Å². The molecule has 7 heteroatoms. The van der Waals surface area contributed by atoms with Crippen molar-refractivity contribution >= 4 is 33.7 Å². The van der Waals surface area contributed by atoms with E-state index in [4.69, 9.17) is 10.7 Å². The molecule has 6 nitrogen and oxygen atoms in total. The molecule has 0 aliphatic heterocycles. The highest BCUT2D eigenvalue weighted by Gasteiger charge is 2.27. The molecule has 0 saturated heterocycles. The lowest BCUT2D eigenvalue weighted by atomic mass is 9.85. The fourth-order valence-electron chi connectivity index (χ4n) is 4.70. The number of nitrogens with two attached hydrogens (primary N) is 1. The van der Waals surface area contributed by atoms with E-state index in [1.54, 1.807) is 12.3 Å². The van der Waals surface area contributed by atoms with Crippen molar-refractivity contribution in [2.24, 2.45) is 5.73 Å². The average Bonchev–Trinajstić information content (AvgIpc) is 3.20. The predicted octanol–water partition coefficient (Wildman–Crippen LogP) is 4.35. The van der Waals surface area contributed by atoms with Crippen molar-refractivity contribution < 1.29 is 9.59 Å². The Hall–Kier alpha value is -3.58. The summed E-state index contributed by atoms with van der Waals surface area (Å²) >= 11 is 1.32. The molecule has 166 valence electrons. The van der Waals surface area contributed by atoms with E-state index < -0.39 is 5.91 Å². The van der Waals surface area contributed by atoms with Gasteiger partial charge in [-0.1, -0.05) is 24.3 Å². The van der Waals surface area contributed by atoms with Crippen molar-refractivity contribution in [3.63, 3.8) is 0 Å². The normalized spacial score (nSPS) is 14.1. The summed E-state index contributed by atoms with van der Waals surface area (Å²) in [5.74, 6) is -0.793. The molecule has 33 heavy (non-hydrogen) atoms. The van der Waals surface area contributed by atoms with Crippen LogP contribution in [0.3, 0.4) is 0 Å². The molecule has 0 unspecified atom stereocenters. The van der Waals surface area contributed by atoms with E-state index in [-0.39, 0.29) is 17.9 Å². The highest BCUT2D eigenvalue weighted by molar-refractivity contribution is 7.20. The SMILES string of the molecule is NC(=O)c1sc2nc3c(cc2c1[C@H](CC=O)c1ccc(-c2ccc(=O)[nH]c2)cc1)CCCC3. The van der Waals surface area contributed by atoms with Crippen LogP contribution in [0.25, 0.3) is 21.3 Å². The van der Waals surface area contributed by atoms with Crippen molar-refractivity contribution in [2.75, 3.05) is 0 Å². The lowest BCUT2D eigenvalue weighted by Crippen LogP contribution is -2.14. The van der Waals surface area contributed by atoms with Gasteiger partial charge in [0.1, 0.15) is 11.1 Å². The third kappa shape index (κ3) is 4.00. The Balaban J connectivity index is 1.63. The molecule has 5 rings (SSSR count). The van der Waals surface area contributed by atoms with E-state index in [9.17, 15) is 14.4 Å². The van der Waals surface area contributed by atoms with Crippen molar-refractivity contribution in [1.29, 1.82) is 0 Å². The van der Waals surface area contributed by atoms with Gasteiger partial charge in [-0.3, -0.25) is 9.59 Å². The molecule has 3 N–H and O–H groups in total. The smallest absolute Gasteiger partial charge is 0.259 e. The highest BCUT2D eigenvalue weighted by Crippen LogP contribution is 2.41. The lowest BCUT2D eigenvalue weighted by Gasteiger charge is -2.18. The van der Waals surface area contributed by atoms with Gasteiger partial charge < -0.3 is 15.5 Å². The molecule has 0 bridgehead atoms. The molecule has 0 fully saturated rings. The minimum Gasteiger partial charge on any atom is -0.365 e. The fraction of sp³-hybridized carbons (Fsp3) is 0.231. The molecule has 1 aliphatic rings. The first-order valence-electron chi connectivity index (χ1n) is 11.0. The number of carbonyl (C=O) groups is 2. The molecule has 4 aromatic rings. The van der Waals surface area contributed by atoms with E-state index >= 15 is 0 Å². The second-order valence-electron chi connectivity index (χ2n) is 8.38. The number of fused-ring (bicyclic) bond motifs is 2. The first kappa shape index (κ1) is 21.3. The molecule has 0 spiro atoms. The summed E-state index contributed by atoms with van der Waals surface area (Å²) in [4.78, 5) is 44.3. The summed E-state index contributed by atoms with van der Waals surface area (Å²) < 4.78 is 0. The standard InChI is InChI=1S/C26H23N3O3S/c27-25(32)24-23(20-13-17-3-1-2-4-21(17)29-26(20)33-24)19(11-12-30)16-7-5-15(6-8-16)18-9-10-22(31)28-14-18/h5-10,12-14,19H,1-4,11H2,(H2,27,32)(H,28,31)/t19-/m1/s1. The number of pyridine rings is 2. The molecule has 1 amide bonds. The molecule has 1 aromatic carbocycles. The van der Waals surface area contributed by atoms with Gasteiger partial charge in [-0.05, 0) is 65.6 Å². The summed E-state index contributed by atoms with van der Waals surface area (Å²) in [5, 5.41) is 0.922. The first-order chi connectivity index (χ1) is 16.0. The number of thiophene rings is 1. The summed E-state index contributed by atoms with van der Waals surface area (Å²) in [6, 6.07) is 13.3. The Bertz CT molecular complexity index is 1400. The van der Waals surface area contributed by atoms with E-state index in [2.05, 4.69) is 11.1 Å². The van der Waals surface area contributed by atoms with Crippen molar-refractivity contribution in [1.82, 2.24) is 9.97 Å². The average molecular weight is 458 g/mol. The number of amides is 1. The van der Waals surface area contributed by atoms with Gasteiger partial charge in [0.2, 0.25) is 5.56 Å². The summed E-state index contributed by atoms with van der Waals surface area (Å²) in [7, 11) is 0. The molecule has 0 radical (unpaired) electrons. The molecule has 0 saturated carbocycles. The Morgan fingerprint density at radius 1 is 1.12 bits per heavy atom. The van der Waals surface area contributed by atoms with Crippen molar-refractivity contribution in [3.8, 4) is 11.1 Å². The molecule has 1 aliphatic carbocycles. The first-order valence-corrected chi connectivity index (χ1v) is 11.8. The van der Waals surface area contributed by atoms with Gasteiger partial charge >= 0.3 is 0 Å². The van der Waals surface area contributed by atoms with E-state index in [0.29, 0.717) is 4.88 Å². The van der Waals surface area contributed by atoms with E-state index in [1.165, 1.54) is 23.0 Å². The van der Waals surface area contributed by atoms with Crippen molar-refractivity contribution in [2.45, 2.75) is 38.0 Å². The molecule has 1 atom stereocenters. The molecule has 3 aromatic heterocycles. The number of H-pyrrole nitrogens is 1. The van der Waals surface area contributed by atoms with Crippen LogP contribution in [0.1, 0.15) is 57.2 Å². The number of aryl methyl sites for hydroxylation is 2. The summed E-state index contributed by atoms with van der Waals surface area (Å²) in [6.07, 6.45) is 6.99. The molecule has 3 heterocycles. The minimum atomic E-state index is -0.494. The maximum Gasteiger partial charge on any atom is 0.259 e. The Kier molecular flexibility index (Phi) is 5.64. The van der Waals surface area contributed by atoms with Crippen LogP contribution in [0.5, 0.6) is 0 Å². The number of hydrogen-bond donors (Lipinski definition) is 2. The monoisotopic (exact) mass is 457 g/mol. The zero-order valence-electron chi connectivity index (χ0n) is 18.0. The maximum atomic E-state index is 12.4. The molecular formula is C26H23N3O3S. The number of nitrogens with zero attached hydrogens (tertiary/aromatic N) is 1. The number of benzene rings is 1. The lowest BCUT2D eigenvalue weighted by molar-refractivity contribution is -0.108. The Morgan fingerprint density at radius 3 is 2.58 bits per heavy atom. The topological polar surface area (TPSA) is 106 Å². The van der Waals surface area contributed by atoms with Crippen LogP contribution in [0.2, 0.25) is 0 Å². The quantitative estimate of drug-likeness (QED) is 0.420. The Morgan fingerprint density at radius 2 is 1.88 bits per heavy atom. The minimum absolute atomic E-state index is 0.152. The number of rotatable bonds is 6. The largest absolute Gasteiger partial charge is 0.365 e. The predicted molar refractivity (Wildman–Crippen MR) is 130 cm³/mol. The van der Waals surface area contributed by atoms with Gasteiger partial charge in [-0.2, -0.15) is 0 Å².